The summed E-state index contributed by atoms with van der Waals surface area (Å²) in [5.74, 6) is -0.356. The van der Waals surface area contributed by atoms with E-state index in [0.717, 1.165) is 34.0 Å². The average molecular weight is 517 g/mol. The summed E-state index contributed by atoms with van der Waals surface area (Å²) in [6, 6.07) is 23.0. The van der Waals surface area contributed by atoms with Crippen LogP contribution >= 0.6 is 23.8 Å². The normalized spacial score (nSPS) is 17.2. The molecular formula is C28H25ClN4O2S. The SMILES string of the molecule is COC(=O)c1ccc(-n2c(C)cc(C3C(c4ccccn4)NC(=S)N3c3ccc(Cl)cc3)c2C)cc1. The maximum absolute atomic E-state index is 11.9. The molecule has 2 unspecified atom stereocenters. The third-order valence-electron chi connectivity index (χ3n) is 6.54. The lowest BCUT2D eigenvalue weighted by atomic mass is 9.96. The third kappa shape index (κ3) is 4.25. The molecule has 8 heteroatoms. The van der Waals surface area contributed by atoms with Crippen molar-refractivity contribution >= 4 is 40.6 Å². The van der Waals surface area contributed by atoms with Crippen molar-refractivity contribution in [3.63, 3.8) is 0 Å². The minimum Gasteiger partial charge on any atom is -0.465 e. The monoisotopic (exact) mass is 516 g/mol. The highest BCUT2D eigenvalue weighted by Crippen LogP contribution is 2.43. The summed E-state index contributed by atoms with van der Waals surface area (Å²) in [5.41, 5.74) is 6.61. The van der Waals surface area contributed by atoms with Crippen LogP contribution in [0.5, 0.6) is 0 Å². The Morgan fingerprint density at radius 1 is 1.03 bits per heavy atom. The number of esters is 1. The third-order valence-corrected chi connectivity index (χ3v) is 7.10. The fourth-order valence-corrected chi connectivity index (χ4v) is 5.37. The second-order valence-corrected chi connectivity index (χ2v) is 9.50. The molecule has 1 fully saturated rings. The maximum atomic E-state index is 11.9. The van der Waals surface area contributed by atoms with Crippen LogP contribution < -0.4 is 10.2 Å². The Labute approximate surface area is 220 Å². The van der Waals surface area contributed by atoms with Gasteiger partial charge in [-0.2, -0.15) is 0 Å². The molecule has 1 N–H and O–H groups in total. The Hall–Kier alpha value is -3.68. The van der Waals surface area contributed by atoms with E-state index in [1.165, 1.54) is 7.11 Å². The first-order chi connectivity index (χ1) is 17.4. The highest BCUT2D eigenvalue weighted by atomic mass is 35.5. The number of aromatic nitrogens is 2. The van der Waals surface area contributed by atoms with Gasteiger partial charge in [0.2, 0.25) is 0 Å². The molecule has 36 heavy (non-hydrogen) atoms. The van der Waals surface area contributed by atoms with Crippen molar-refractivity contribution < 1.29 is 9.53 Å². The molecule has 6 nitrogen and oxygen atoms in total. The van der Waals surface area contributed by atoms with Crippen LogP contribution in [-0.4, -0.2) is 27.7 Å². The van der Waals surface area contributed by atoms with Crippen molar-refractivity contribution in [2.45, 2.75) is 25.9 Å². The lowest BCUT2D eigenvalue weighted by Crippen LogP contribution is -2.29. The molecule has 3 heterocycles. The van der Waals surface area contributed by atoms with E-state index >= 15 is 0 Å². The molecule has 2 aromatic carbocycles. The highest BCUT2D eigenvalue weighted by molar-refractivity contribution is 7.80. The smallest absolute Gasteiger partial charge is 0.337 e. The van der Waals surface area contributed by atoms with Crippen molar-refractivity contribution in [2.24, 2.45) is 0 Å². The Morgan fingerprint density at radius 3 is 2.36 bits per heavy atom. The van der Waals surface area contributed by atoms with Gasteiger partial charge in [0.1, 0.15) is 0 Å². The number of halogens is 1. The number of anilines is 1. The first-order valence-corrected chi connectivity index (χ1v) is 12.3. The van der Waals surface area contributed by atoms with Gasteiger partial charge >= 0.3 is 5.97 Å². The lowest BCUT2D eigenvalue weighted by molar-refractivity contribution is 0.0600. The number of ether oxygens (including phenoxy) is 1. The second kappa shape index (κ2) is 9.76. The zero-order valence-corrected chi connectivity index (χ0v) is 21.7. The van der Waals surface area contributed by atoms with E-state index in [1.807, 2.05) is 54.6 Å². The molecule has 2 aromatic heterocycles. The van der Waals surface area contributed by atoms with Gasteiger partial charge in [-0.3, -0.25) is 4.98 Å². The molecule has 0 aliphatic carbocycles. The molecule has 2 atom stereocenters. The molecule has 4 aromatic rings. The van der Waals surface area contributed by atoms with E-state index < -0.39 is 0 Å². The number of benzene rings is 2. The van der Waals surface area contributed by atoms with Crippen LogP contribution in [0.15, 0.2) is 79.0 Å². The largest absolute Gasteiger partial charge is 0.465 e. The summed E-state index contributed by atoms with van der Waals surface area (Å²) in [6.07, 6.45) is 1.80. The average Bonchev–Trinajstić information content (AvgIpc) is 3.39. The summed E-state index contributed by atoms with van der Waals surface area (Å²) in [6.45, 7) is 4.18. The van der Waals surface area contributed by atoms with Crippen LogP contribution in [0, 0.1) is 13.8 Å². The van der Waals surface area contributed by atoms with Crippen LogP contribution in [0.1, 0.15) is 45.1 Å². The molecule has 182 valence electrons. The van der Waals surface area contributed by atoms with Crippen LogP contribution in [-0.2, 0) is 4.74 Å². The predicted molar refractivity (Wildman–Crippen MR) is 146 cm³/mol. The number of rotatable bonds is 5. The summed E-state index contributed by atoms with van der Waals surface area (Å²) >= 11 is 12.0. The fraction of sp³-hybridized carbons (Fsp3) is 0.179. The molecule has 0 radical (unpaired) electrons. The molecule has 1 aliphatic heterocycles. The van der Waals surface area contributed by atoms with Crippen molar-refractivity contribution in [1.82, 2.24) is 14.9 Å². The predicted octanol–water partition coefficient (Wildman–Crippen LogP) is 6.11. The van der Waals surface area contributed by atoms with Crippen molar-refractivity contribution in [2.75, 3.05) is 12.0 Å². The van der Waals surface area contributed by atoms with E-state index in [1.54, 1.807) is 18.3 Å². The van der Waals surface area contributed by atoms with Crippen molar-refractivity contribution in [3.05, 3.63) is 112 Å². The standard InChI is InChI=1S/C28H25ClN4O2S/c1-17-16-23(18(2)32(17)21-11-7-19(8-12-21)27(34)35-3)26-25(24-6-4-5-15-30-24)31-28(36)33(26)22-13-9-20(29)10-14-22/h4-16,25-26H,1-3H3,(H,31,36). The fourth-order valence-electron chi connectivity index (χ4n) is 4.90. The molecule has 0 amide bonds. The Bertz CT molecular complexity index is 1420. The zero-order chi connectivity index (χ0) is 25.4. The van der Waals surface area contributed by atoms with Gasteiger partial charge in [-0.25, -0.2) is 4.79 Å². The number of hydrogen-bond donors (Lipinski definition) is 1. The van der Waals surface area contributed by atoms with Crippen molar-refractivity contribution in [1.29, 1.82) is 0 Å². The number of pyridine rings is 1. The summed E-state index contributed by atoms with van der Waals surface area (Å²) < 4.78 is 7.03. The van der Waals surface area contributed by atoms with Gasteiger partial charge < -0.3 is 19.5 Å². The number of methoxy groups -OCH3 is 1. The quantitative estimate of drug-likeness (QED) is 0.255. The molecule has 1 aliphatic rings. The number of nitrogens with zero attached hydrogens (tertiary/aromatic N) is 3. The summed E-state index contributed by atoms with van der Waals surface area (Å²) in [5, 5.41) is 4.80. The molecule has 0 bridgehead atoms. The van der Waals surface area contributed by atoms with Crippen LogP contribution in [0.2, 0.25) is 5.02 Å². The Morgan fingerprint density at radius 2 is 1.72 bits per heavy atom. The molecule has 0 saturated carbocycles. The van der Waals surface area contributed by atoms with E-state index in [4.69, 9.17) is 28.6 Å². The van der Waals surface area contributed by atoms with Crippen molar-refractivity contribution in [3.8, 4) is 5.69 Å². The van der Waals surface area contributed by atoms with Gasteiger partial charge in [0.25, 0.3) is 0 Å². The molecule has 0 spiro atoms. The first kappa shape index (κ1) is 24.0. The Balaban J connectivity index is 1.63. The number of thiocarbonyl (C=S) groups is 1. The first-order valence-electron chi connectivity index (χ1n) is 11.5. The van der Waals surface area contributed by atoms with Crippen LogP contribution in [0.25, 0.3) is 5.69 Å². The number of nitrogens with one attached hydrogen (secondary N) is 1. The van der Waals surface area contributed by atoms with Gasteiger partial charge in [-0.1, -0.05) is 17.7 Å². The van der Waals surface area contributed by atoms with Crippen LogP contribution in [0.3, 0.4) is 0 Å². The minimum absolute atomic E-state index is 0.136. The van der Waals surface area contributed by atoms with E-state index in [9.17, 15) is 4.79 Å². The maximum Gasteiger partial charge on any atom is 0.337 e. The van der Waals surface area contributed by atoms with Gasteiger partial charge in [0.15, 0.2) is 5.11 Å². The van der Waals surface area contributed by atoms with Gasteiger partial charge in [0, 0.05) is 34.0 Å². The van der Waals surface area contributed by atoms with Gasteiger partial charge in [-0.05, 0) is 98.4 Å². The second-order valence-electron chi connectivity index (χ2n) is 8.67. The highest BCUT2D eigenvalue weighted by Gasteiger charge is 2.42. The number of hydrogen-bond acceptors (Lipinski definition) is 4. The van der Waals surface area contributed by atoms with Gasteiger partial charge in [-0.15, -0.1) is 0 Å². The number of carbonyl (C=O) groups is 1. The topological polar surface area (TPSA) is 59.4 Å². The van der Waals surface area contributed by atoms with Gasteiger partial charge in [0.05, 0.1) is 30.5 Å². The van der Waals surface area contributed by atoms with E-state index in [2.05, 4.69) is 39.7 Å². The zero-order valence-electron chi connectivity index (χ0n) is 20.1. The summed E-state index contributed by atoms with van der Waals surface area (Å²) in [7, 11) is 1.38. The molecule has 5 rings (SSSR count). The minimum atomic E-state index is -0.356. The van der Waals surface area contributed by atoms with E-state index in [-0.39, 0.29) is 18.1 Å². The lowest BCUT2D eigenvalue weighted by Gasteiger charge is -2.28. The van der Waals surface area contributed by atoms with Crippen LogP contribution in [0.4, 0.5) is 5.69 Å². The van der Waals surface area contributed by atoms with E-state index in [0.29, 0.717) is 15.7 Å². The number of aryl methyl sites for hydroxylation is 1. The molecular weight excluding hydrogens is 492 g/mol. The number of carbonyl (C=O) groups excluding carboxylic acids is 1. The Kier molecular flexibility index (Phi) is 6.51. The summed E-state index contributed by atoms with van der Waals surface area (Å²) in [4.78, 5) is 18.7. The molecule has 1 saturated heterocycles.